The fraction of sp³-hybridized carbons (Fsp3) is 1.00. The van der Waals surface area contributed by atoms with Crippen LogP contribution in [0.2, 0.25) is 0 Å². The Kier molecular flexibility index (Phi) is 11.3. The third kappa shape index (κ3) is 7.99. The van der Waals surface area contributed by atoms with Crippen LogP contribution in [0.3, 0.4) is 0 Å². The third-order valence-corrected chi connectivity index (χ3v) is 5.83. The van der Waals surface area contributed by atoms with Crippen molar-refractivity contribution in [3.8, 4) is 0 Å². The summed E-state index contributed by atoms with van der Waals surface area (Å²) in [5.41, 5.74) is 0. The van der Waals surface area contributed by atoms with Crippen molar-refractivity contribution in [2.45, 2.75) is 111 Å². The molecule has 0 aromatic heterocycles. The minimum Gasteiger partial charge on any atom is -0.301 e. The Hall–Kier alpha value is -0.0400. The molecule has 1 aliphatic heterocycles. The van der Waals surface area contributed by atoms with Crippen molar-refractivity contribution in [2.75, 3.05) is 13.1 Å². The minimum atomic E-state index is 0.744. The van der Waals surface area contributed by atoms with Crippen molar-refractivity contribution in [2.24, 2.45) is 11.8 Å². The maximum absolute atomic E-state index is 2.68. The summed E-state index contributed by atoms with van der Waals surface area (Å²) in [5, 5.41) is 0. The van der Waals surface area contributed by atoms with Crippen molar-refractivity contribution < 1.29 is 0 Å². The topological polar surface area (TPSA) is 3.24 Å². The van der Waals surface area contributed by atoms with Crippen molar-refractivity contribution in [3.63, 3.8) is 0 Å². The molecule has 1 atom stereocenters. The first-order valence-electron chi connectivity index (χ1n) is 10.4. The summed E-state index contributed by atoms with van der Waals surface area (Å²) < 4.78 is 0. The molecule has 1 fully saturated rings. The molecular weight excluding hydrogens is 266 g/mol. The summed E-state index contributed by atoms with van der Waals surface area (Å²) in [5.74, 6) is 2.06. The average Bonchev–Trinajstić information content (AvgIpc) is 2.53. The molecule has 0 amide bonds. The molecule has 1 saturated heterocycles. The van der Waals surface area contributed by atoms with Crippen molar-refractivity contribution in [1.29, 1.82) is 0 Å². The van der Waals surface area contributed by atoms with Crippen LogP contribution in [-0.2, 0) is 0 Å². The third-order valence-electron chi connectivity index (χ3n) is 5.83. The van der Waals surface area contributed by atoms with Gasteiger partial charge in [-0.2, -0.15) is 0 Å². The highest BCUT2D eigenvalue weighted by Gasteiger charge is 2.26. The first kappa shape index (κ1) is 20.0. The molecule has 0 radical (unpaired) electrons. The summed E-state index contributed by atoms with van der Waals surface area (Å²) in [6.45, 7) is 12.1. The van der Waals surface area contributed by atoms with Gasteiger partial charge in [0.15, 0.2) is 0 Å². The summed E-state index contributed by atoms with van der Waals surface area (Å²) in [6.07, 6.45) is 17.5. The lowest BCUT2D eigenvalue weighted by Crippen LogP contribution is -2.40. The maximum Gasteiger partial charge on any atom is 0.00385 e. The van der Waals surface area contributed by atoms with Crippen LogP contribution in [0.1, 0.15) is 105 Å². The van der Waals surface area contributed by atoms with Crippen LogP contribution in [0.15, 0.2) is 0 Å². The second-order valence-electron chi connectivity index (χ2n) is 7.93. The highest BCUT2D eigenvalue weighted by molar-refractivity contribution is 4.79. The van der Waals surface area contributed by atoms with E-state index in [0.29, 0.717) is 0 Å². The molecule has 0 spiro atoms. The molecule has 132 valence electrons. The number of piperidine rings is 1. The van der Waals surface area contributed by atoms with Crippen LogP contribution in [0.25, 0.3) is 0 Å². The first-order valence-corrected chi connectivity index (χ1v) is 10.4. The first-order chi connectivity index (χ1) is 10.7. The van der Waals surface area contributed by atoms with Crippen molar-refractivity contribution >= 4 is 0 Å². The standard InChI is InChI=1S/C21H43N/c1-5-7-9-10-12-14-20(13-11-8-6-2)21-15-17-22(18-16-21)19(3)4/h19-21H,5-18H2,1-4H3. The summed E-state index contributed by atoms with van der Waals surface area (Å²) in [7, 11) is 0. The van der Waals surface area contributed by atoms with Crippen LogP contribution in [0.5, 0.6) is 0 Å². The SMILES string of the molecule is CCCCCCCC(CCCCC)C1CCN(C(C)C)CC1. The van der Waals surface area contributed by atoms with Gasteiger partial charge in [-0.25, -0.2) is 0 Å². The van der Waals surface area contributed by atoms with E-state index in [4.69, 9.17) is 0 Å². The van der Waals surface area contributed by atoms with Crippen LogP contribution >= 0.6 is 0 Å². The van der Waals surface area contributed by atoms with Gasteiger partial charge in [0, 0.05) is 6.04 Å². The molecule has 1 heterocycles. The number of unbranched alkanes of at least 4 members (excludes halogenated alkanes) is 6. The van der Waals surface area contributed by atoms with Gasteiger partial charge in [0.25, 0.3) is 0 Å². The van der Waals surface area contributed by atoms with E-state index in [-0.39, 0.29) is 0 Å². The highest BCUT2D eigenvalue weighted by atomic mass is 15.1. The lowest BCUT2D eigenvalue weighted by atomic mass is 9.78. The maximum atomic E-state index is 2.68. The zero-order valence-corrected chi connectivity index (χ0v) is 16.1. The predicted molar refractivity (Wildman–Crippen MR) is 100 cm³/mol. The number of likely N-dealkylation sites (tertiary alicyclic amines) is 1. The largest absolute Gasteiger partial charge is 0.301 e. The van der Waals surface area contributed by atoms with E-state index in [1.807, 2.05) is 0 Å². The second-order valence-corrected chi connectivity index (χ2v) is 7.93. The molecule has 1 heteroatoms. The molecule has 0 N–H and O–H groups in total. The summed E-state index contributed by atoms with van der Waals surface area (Å²) in [4.78, 5) is 2.68. The lowest BCUT2D eigenvalue weighted by molar-refractivity contribution is 0.112. The molecular formula is C21H43N. The second kappa shape index (κ2) is 12.4. The van der Waals surface area contributed by atoms with E-state index in [1.165, 1.54) is 90.1 Å². The van der Waals surface area contributed by atoms with E-state index in [2.05, 4.69) is 32.6 Å². The quantitative estimate of drug-likeness (QED) is 0.364. The summed E-state index contributed by atoms with van der Waals surface area (Å²) in [6, 6.07) is 0.744. The summed E-state index contributed by atoms with van der Waals surface area (Å²) >= 11 is 0. The van der Waals surface area contributed by atoms with Gasteiger partial charge in [0.05, 0.1) is 0 Å². The zero-order chi connectivity index (χ0) is 16.2. The van der Waals surface area contributed by atoms with Crippen molar-refractivity contribution in [1.82, 2.24) is 4.90 Å². The fourth-order valence-corrected chi connectivity index (χ4v) is 4.19. The monoisotopic (exact) mass is 309 g/mol. The molecule has 0 aromatic carbocycles. The van der Waals surface area contributed by atoms with Crippen molar-refractivity contribution in [3.05, 3.63) is 0 Å². The fourth-order valence-electron chi connectivity index (χ4n) is 4.19. The lowest BCUT2D eigenvalue weighted by Gasteiger charge is -2.38. The van der Waals surface area contributed by atoms with Gasteiger partial charge in [-0.3, -0.25) is 0 Å². The number of rotatable bonds is 12. The van der Waals surface area contributed by atoms with E-state index in [1.54, 1.807) is 0 Å². The highest BCUT2D eigenvalue weighted by Crippen LogP contribution is 2.33. The molecule has 22 heavy (non-hydrogen) atoms. The normalized spacial score (nSPS) is 19.0. The van der Waals surface area contributed by atoms with E-state index >= 15 is 0 Å². The molecule has 1 unspecified atom stereocenters. The molecule has 1 nitrogen and oxygen atoms in total. The Morgan fingerprint density at radius 1 is 0.773 bits per heavy atom. The zero-order valence-electron chi connectivity index (χ0n) is 16.1. The van der Waals surface area contributed by atoms with Gasteiger partial charge in [-0.1, -0.05) is 78.1 Å². The van der Waals surface area contributed by atoms with Gasteiger partial charge >= 0.3 is 0 Å². The van der Waals surface area contributed by atoms with Gasteiger partial charge in [0.1, 0.15) is 0 Å². The Morgan fingerprint density at radius 2 is 1.27 bits per heavy atom. The smallest absolute Gasteiger partial charge is 0.00385 e. The number of hydrogen-bond donors (Lipinski definition) is 0. The molecule has 0 bridgehead atoms. The number of nitrogens with zero attached hydrogens (tertiary/aromatic N) is 1. The van der Waals surface area contributed by atoms with Gasteiger partial charge in [-0.15, -0.1) is 0 Å². The molecule has 0 aliphatic carbocycles. The Balaban J connectivity index is 2.33. The van der Waals surface area contributed by atoms with E-state index in [0.717, 1.165) is 17.9 Å². The van der Waals surface area contributed by atoms with Gasteiger partial charge in [-0.05, 0) is 51.6 Å². The number of hydrogen-bond acceptors (Lipinski definition) is 1. The van der Waals surface area contributed by atoms with E-state index in [9.17, 15) is 0 Å². The molecule has 1 aliphatic rings. The molecule has 0 aromatic rings. The Labute approximate surface area is 141 Å². The Bertz CT molecular complexity index is 240. The van der Waals surface area contributed by atoms with Gasteiger partial charge < -0.3 is 4.90 Å². The minimum absolute atomic E-state index is 0.744. The van der Waals surface area contributed by atoms with Crippen LogP contribution in [0, 0.1) is 11.8 Å². The molecule has 0 saturated carbocycles. The molecule has 1 rings (SSSR count). The van der Waals surface area contributed by atoms with Crippen LogP contribution in [0.4, 0.5) is 0 Å². The van der Waals surface area contributed by atoms with Crippen LogP contribution in [-0.4, -0.2) is 24.0 Å². The van der Waals surface area contributed by atoms with E-state index < -0.39 is 0 Å². The Morgan fingerprint density at radius 3 is 1.82 bits per heavy atom. The van der Waals surface area contributed by atoms with Gasteiger partial charge in [0.2, 0.25) is 0 Å². The van der Waals surface area contributed by atoms with Crippen LogP contribution < -0.4 is 0 Å². The average molecular weight is 310 g/mol. The predicted octanol–water partition coefficient (Wildman–Crippen LogP) is 6.66.